The fraction of sp³-hybridized carbons (Fsp3) is 0.846. The van der Waals surface area contributed by atoms with Crippen LogP contribution in [0.4, 0.5) is 4.79 Å². The second-order valence-electron chi connectivity index (χ2n) is 5.77. The number of amides is 1. The number of carbonyl (C=O) groups is 2. The fourth-order valence-electron chi connectivity index (χ4n) is 2.11. The van der Waals surface area contributed by atoms with E-state index >= 15 is 0 Å². The van der Waals surface area contributed by atoms with E-state index in [9.17, 15) is 9.59 Å². The van der Waals surface area contributed by atoms with Gasteiger partial charge in [-0.15, -0.1) is 0 Å². The molecule has 0 aliphatic carbocycles. The Morgan fingerprint density at radius 3 is 2.63 bits per heavy atom. The molecular weight excluding hydrogens is 248 g/mol. The van der Waals surface area contributed by atoms with Crippen LogP contribution in [-0.2, 0) is 14.3 Å². The first kappa shape index (κ1) is 15.8. The van der Waals surface area contributed by atoms with Crippen molar-refractivity contribution in [3.8, 4) is 0 Å². The van der Waals surface area contributed by atoms with E-state index in [0.717, 1.165) is 13.0 Å². The Hall–Kier alpha value is -1.30. The van der Waals surface area contributed by atoms with Crippen molar-refractivity contribution in [3.63, 3.8) is 0 Å². The molecule has 0 aromatic rings. The highest BCUT2D eigenvalue weighted by Gasteiger charge is 2.32. The standard InChI is InChI=1S/C13H24N2O4/c1-13(2,3)19-12(17)15-7-9-5-6-14-8-10(9)11(16)18-4/h9-10,14H,5-8H2,1-4H3,(H,15,17)/t9-,10+/m1/s1. The average molecular weight is 272 g/mol. The second kappa shape index (κ2) is 6.75. The Bertz CT molecular complexity index is 325. The van der Waals surface area contributed by atoms with Gasteiger partial charge in [0.1, 0.15) is 5.60 Å². The van der Waals surface area contributed by atoms with Crippen molar-refractivity contribution in [2.45, 2.75) is 32.8 Å². The van der Waals surface area contributed by atoms with Gasteiger partial charge < -0.3 is 20.1 Å². The summed E-state index contributed by atoms with van der Waals surface area (Å²) in [5.41, 5.74) is -0.514. The van der Waals surface area contributed by atoms with Gasteiger partial charge in [0, 0.05) is 13.1 Å². The molecule has 1 rings (SSSR count). The highest BCUT2D eigenvalue weighted by Crippen LogP contribution is 2.20. The van der Waals surface area contributed by atoms with Crippen molar-refractivity contribution in [2.75, 3.05) is 26.7 Å². The second-order valence-corrected chi connectivity index (χ2v) is 5.77. The van der Waals surface area contributed by atoms with Crippen LogP contribution in [0, 0.1) is 11.8 Å². The lowest BCUT2D eigenvalue weighted by molar-refractivity contribution is -0.148. The molecule has 2 atom stereocenters. The predicted octanol–water partition coefficient (Wildman–Crippen LogP) is 0.910. The number of ether oxygens (including phenoxy) is 2. The molecular formula is C13H24N2O4. The van der Waals surface area contributed by atoms with E-state index < -0.39 is 11.7 Å². The van der Waals surface area contributed by atoms with Gasteiger partial charge in [0.15, 0.2) is 0 Å². The summed E-state index contributed by atoms with van der Waals surface area (Å²) >= 11 is 0. The summed E-state index contributed by atoms with van der Waals surface area (Å²) in [5, 5.41) is 5.88. The molecule has 1 aliphatic rings. The molecule has 1 saturated heterocycles. The number of carbonyl (C=O) groups excluding carboxylic acids is 2. The number of alkyl carbamates (subject to hydrolysis) is 1. The van der Waals surface area contributed by atoms with Crippen LogP contribution in [0.25, 0.3) is 0 Å². The average Bonchev–Trinajstić information content (AvgIpc) is 2.33. The number of esters is 1. The lowest BCUT2D eigenvalue weighted by Gasteiger charge is -2.30. The highest BCUT2D eigenvalue weighted by atomic mass is 16.6. The third-order valence-corrected chi connectivity index (χ3v) is 3.04. The number of piperidine rings is 1. The minimum Gasteiger partial charge on any atom is -0.469 e. The van der Waals surface area contributed by atoms with Gasteiger partial charge in [-0.1, -0.05) is 0 Å². The molecule has 1 aliphatic heterocycles. The van der Waals surface area contributed by atoms with Crippen molar-refractivity contribution in [3.05, 3.63) is 0 Å². The quantitative estimate of drug-likeness (QED) is 0.747. The van der Waals surface area contributed by atoms with Crippen molar-refractivity contribution in [1.82, 2.24) is 10.6 Å². The van der Waals surface area contributed by atoms with E-state index in [1.54, 1.807) is 0 Å². The molecule has 0 aromatic heterocycles. The summed E-state index contributed by atoms with van der Waals surface area (Å²) in [6, 6.07) is 0. The van der Waals surface area contributed by atoms with E-state index in [0.29, 0.717) is 13.1 Å². The van der Waals surface area contributed by atoms with Crippen LogP contribution in [0.5, 0.6) is 0 Å². The lowest BCUT2D eigenvalue weighted by Crippen LogP contribution is -2.46. The van der Waals surface area contributed by atoms with E-state index in [2.05, 4.69) is 10.6 Å². The van der Waals surface area contributed by atoms with Crippen molar-refractivity contribution in [1.29, 1.82) is 0 Å². The van der Waals surface area contributed by atoms with E-state index in [-0.39, 0.29) is 17.8 Å². The number of methoxy groups -OCH3 is 1. The summed E-state index contributed by atoms with van der Waals surface area (Å²) in [6.07, 6.45) is 0.380. The van der Waals surface area contributed by atoms with Gasteiger partial charge in [0.2, 0.25) is 0 Å². The number of nitrogens with one attached hydrogen (secondary N) is 2. The van der Waals surface area contributed by atoms with E-state index in [1.807, 2.05) is 20.8 Å². The first-order valence-electron chi connectivity index (χ1n) is 6.59. The van der Waals surface area contributed by atoms with Gasteiger partial charge in [-0.2, -0.15) is 0 Å². The number of hydrogen-bond acceptors (Lipinski definition) is 5. The molecule has 0 unspecified atom stereocenters. The zero-order valence-corrected chi connectivity index (χ0v) is 12.1. The Labute approximate surface area is 114 Å². The summed E-state index contributed by atoms with van der Waals surface area (Å²) in [6.45, 7) is 7.30. The summed E-state index contributed by atoms with van der Waals surface area (Å²) in [7, 11) is 1.38. The molecule has 0 spiro atoms. The van der Waals surface area contributed by atoms with Crippen LogP contribution in [0.2, 0.25) is 0 Å². The minimum atomic E-state index is -0.514. The maximum Gasteiger partial charge on any atom is 0.407 e. The predicted molar refractivity (Wildman–Crippen MR) is 70.7 cm³/mol. The molecule has 110 valence electrons. The zero-order chi connectivity index (χ0) is 14.5. The third kappa shape index (κ3) is 5.46. The topological polar surface area (TPSA) is 76.7 Å². The normalized spacial score (nSPS) is 23.6. The number of rotatable bonds is 3. The molecule has 19 heavy (non-hydrogen) atoms. The minimum absolute atomic E-state index is 0.0845. The first-order chi connectivity index (χ1) is 8.83. The Kier molecular flexibility index (Phi) is 5.60. The molecule has 6 heteroatoms. The monoisotopic (exact) mass is 272 g/mol. The van der Waals surface area contributed by atoms with Crippen LogP contribution in [0.3, 0.4) is 0 Å². The first-order valence-corrected chi connectivity index (χ1v) is 6.59. The van der Waals surface area contributed by atoms with Gasteiger partial charge >= 0.3 is 12.1 Å². The Morgan fingerprint density at radius 2 is 2.05 bits per heavy atom. The molecule has 0 bridgehead atoms. The van der Waals surface area contributed by atoms with Crippen molar-refractivity contribution in [2.24, 2.45) is 11.8 Å². The smallest absolute Gasteiger partial charge is 0.407 e. The van der Waals surface area contributed by atoms with Crippen molar-refractivity contribution >= 4 is 12.1 Å². The molecule has 0 radical (unpaired) electrons. The van der Waals surface area contributed by atoms with Gasteiger partial charge in [0.05, 0.1) is 13.0 Å². The maximum atomic E-state index is 11.6. The largest absolute Gasteiger partial charge is 0.469 e. The van der Waals surface area contributed by atoms with Gasteiger partial charge in [-0.3, -0.25) is 4.79 Å². The molecule has 0 saturated carbocycles. The summed E-state index contributed by atoms with van der Waals surface area (Å²) in [5.74, 6) is -0.363. The molecule has 1 heterocycles. The van der Waals surface area contributed by atoms with Crippen molar-refractivity contribution < 1.29 is 19.1 Å². The summed E-state index contributed by atoms with van der Waals surface area (Å²) < 4.78 is 9.95. The molecule has 0 aromatic carbocycles. The maximum absolute atomic E-state index is 11.6. The molecule has 1 fully saturated rings. The Morgan fingerprint density at radius 1 is 1.37 bits per heavy atom. The van der Waals surface area contributed by atoms with Gasteiger partial charge in [-0.25, -0.2) is 4.79 Å². The van der Waals surface area contributed by atoms with Gasteiger partial charge in [-0.05, 0) is 39.7 Å². The van der Waals surface area contributed by atoms with Crippen LogP contribution in [-0.4, -0.2) is 44.4 Å². The van der Waals surface area contributed by atoms with Crippen LogP contribution >= 0.6 is 0 Å². The van der Waals surface area contributed by atoms with Crippen LogP contribution < -0.4 is 10.6 Å². The van der Waals surface area contributed by atoms with E-state index in [1.165, 1.54) is 7.11 Å². The number of hydrogen-bond donors (Lipinski definition) is 2. The van der Waals surface area contributed by atoms with Gasteiger partial charge in [0.25, 0.3) is 0 Å². The zero-order valence-electron chi connectivity index (χ0n) is 12.1. The summed E-state index contributed by atoms with van der Waals surface area (Å²) in [4.78, 5) is 23.2. The third-order valence-electron chi connectivity index (χ3n) is 3.04. The van der Waals surface area contributed by atoms with E-state index in [4.69, 9.17) is 9.47 Å². The fourth-order valence-corrected chi connectivity index (χ4v) is 2.11. The SMILES string of the molecule is COC(=O)[C@H]1CNCC[C@@H]1CNC(=O)OC(C)(C)C. The lowest BCUT2D eigenvalue weighted by atomic mass is 9.86. The van der Waals surface area contributed by atoms with Crippen LogP contribution in [0.1, 0.15) is 27.2 Å². The highest BCUT2D eigenvalue weighted by molar-refractivity contribution is 5.73. The van der Waals surface area contributed by atoms with Crippen LogP contribution in [0.15, 0.2) is 0 Å². The Balaban J connectivity index is 2.45. The molecule has 6 nitrogen and oxygen atoms in total. The molecule has 1 amide bonds. The molecule has 2 N–H and O–H groups in total.